The molecule has 4 aliphatic carbocycles. The van der Waals surface area contributed by atoms with Crippen LogP contribution < -0.4 is 0 Å². The summed E-state index contributed by atoms with van der Waals surface area (Å²) in [7, 11) is 0. The Balaban J connectivity index is 1.28. The van der Waals surface area contributed by atoms with E-state index in [4.69, 9.17) is 14.2 Å². The Labute approximate surface area is 241 Å². The topological polar surface area (TPSA) is 116 Å². The second-order valence-corrected chi connectivity index (χ2v) is 12.1. The Morgan fingerprint density at radius 1 is 0.833 bits per heavy atom. The van der Waals surface area contributed by atoms with Crippen molar-refractivity contribution >= 4 is 29.6 Å². The summed E-state index contributed by atoms with van der Waals surface area (Å²) >= 11 is 0. The first-order chi connectivity index (χ1) is 20.4. The first-order valence-corrected chi connectivity index (χ1v) is 14.4. The van der Waals surface area contributed by atoms with Crippen molar-refractivity contribution in [2.75, 3.05) is 0 Å². The highest BCUT2D eigenvalue weighted by molar-refractivity contribution is 6.07. The van der Waals surface area contributed by atoms with Crippen molar-refractivity contribution < 1.29 is 38.5 Å². The lowest BCUT2D eigenvalue weighted by atomic mass is 9.41. The van der Waals surface area contributed by atoms with E-state index in [2.05, 4.69) is 0 Å². The quantitative estimate of drug-likeness (QED) is 0.331. The number of allylic oxidation sites excluding steroid dienone is 2. The molecular formula is C34H28O8. The van der Waals surface area contributed by atoms with Gasteiger partial charge in [0.25, 0.3) is 0 Å². The molecule has 7 aliphatic rings. The number of fused-ring (bicyclic) bond motifs is 1. The van der Waals surface area contributed by atoms with Crippen molar-refractivity contribution in [3.05, 3.63) is 101 Å². The fraction of sp³-hybridized carbons (Fsp3) is 0.353. The van der Waals surface area contributed by atoms with Crippen LogP contribution in [0.5, 0.6) is 0 Å². The number of hydrogen-bond acceptors (Lipinski definition) is 8. The molecule has 42 heavy (non-hydrogen) atoms. The summed E-state index contributed by atoms with van der Waals surface area (Å²) in [5, 5.41) is 11.4. The van der Waals surface area contributed by atoms with Crippen molar-refractivity contribution in [1.29, 1.82) is 0 Å². The van der Waals surface area contributed by atoms with Crippen molar-refractivity contribution in [3.8, 4) is 0 Å². The van der Waals surface area contributed by atoms with E-state index >= 15 is 0 Å². The molecule has 3 saturated heterocycles. The number of carbonyl (C=O) groups is 4. The zero-order chi connectivity index (χ0) is 28.7. The molecule has 2 bridgehead atoms. The standard InChI is InChI=1S/C34H28O8/c35-22(12-11-17-7-3-1-4-8-17)28-20-14-26(37)42-33(20)29-19-13-25-34(30(29)31(28)39,21-15-27(38)41-32(19)21)24(36)16-23(40-25)18-9-5-2-6-10-18/h1-13,19-21,23,29-30,32-33,35H,14-16H2/t19-,20+,21-,23+,29+,30-,32-,33+,34-/m0/s1. The summed E-state index contributed by atoms with van der Waals surface area (Å²) < 4.78 is 18.2. The number of Topliss-reactive ketones (excluding diaryl/α,β-unsaturated/α-hetero) is 2. The zero-order valence-corrected chi connectivity index (χ0v) is 22.6. The average Bonchev–Trinajstić information content (AvgIpc) is 3.59. The van der Waals surface area contributed by atoms with Crippen molar-refractivity contribution in [2.24, 2.45) is 35.0 Å². The van der Waals surface area contributed by atoms with Crippen LogP contribution in [0, 0.1) is 35.0 Å². The summed E-state index contributed by atoms with van der Waals surface area (Å²) in [4.78, 5) is 54.7. The number of carbonyl (C=O) groups excluding carboxylic acids is 4. The van der Waals surface area contributed by atoms with Crippen LogP contribution in [-0.2, 0) is 33.4 Å². The molecule has 8 heteroatoms. The molecule has 0 radical (unpaired) electrons. The van der Waals surface area contributed by atoms with E-state index in [-0.39, 0.29) is 36.4 Å². The molecule has 9 rings (SSSR count). The van der Waals surface area contributed by atoms with Gasteiger partial charge in [0.05, 0.1) is 12.8 Å². The molecule has 9 atom stereocenters. The van der Waals surface area contributed by atoms with Crippen LogP contribution in [0.2, 0.25) is 0 Å². The highest BCUT2D eigenvalue weighted by Gasteiger charge is 2.77. The number of rotatable bonds is 3. The second kappa shape index (κ2) is 9.02. The molecule has 0 unspecified atom stereocenters. The Morgan fingerprint density at radius 2 is 1.52 bits per heavy atom. The molecule has 3 heterocycles. The molecule has 0 amide bonds. The molecule has 1 N–H and O–H groups in total. The molecule has 3 aliphatic heterocycles. The number of aliphatic hydroxyl groups excluding tert-OH is 1. The van der Waals surface area contributed by atoms with Crippen molar-refractivity contribution in [3.63, 3.8) is 0 Å². The molecule has 0 aromatic heterocycles. The number of hydrogen-bond donors (Lipinski definition) is 1. The number of ether oxygens (including phenoxy) is 3. The highest BCUT2D eigenvalue weighted by atomic mass is 16.6. The van der Waals surface area contributed by atoms with E-state index in [0.29, 0.717) is 5.76 Å². The van der Waals surface area contributed by atoms with Crippen LogP contribution in [0.1, 0.15) is 36.5 Å². The highest BCUT2D eigenvalue weighted by Crippen LogP contribution is 2.70. The lowest BCUT2D eigenvalue weighted by Gasteiger charge is -2.62. The van der Waals surface area contributed by atoms with Crippen LogP contribution in [0.25, 0.3) is 6.08 Å². The van der Waals surface area contributed by atoms with Crippen molar-refractivity contribution in [1.82, 2.24) is 0 Å². The maximum atomic E-state index is 14.7. The predicted octanol–water partition coefficient (Wildman–Crippen LogP) is 4.43. The number of esters is 2. The number of benzene rings is 2. The molecular weight excluding hydrogens is 536 g/mol. The SMILES string of the molecule is O=C1C[C@@H]2C(=C(O)C=Cc3ccccc3)C(=O)[C@@H]3[C@@H]([C@@H]4C=C5O[C@@H](c6ccccc6)CC(=O)[C@@]53[C@H]3CC(=O)O[C@@H]43)[C@@H]2O1. The van der Waals surface area contributed by atoms with Gasteiger partial charge >= 0.3 is 11.9 Å². The maximum Gasteiger partial charge on any atom is 0.306 e. The van der Waals surface area contributed by atoms with Gasteiger partial charge < -0.3 is 19.3 Å². The number of aliphatic hydroxyl groups is 1. The van der Waals surface area contributed by atoms with E-state index in [1.54, 1.807) is 6.08 Å². The summed E-state index contributed by atoms with van der Waals surface area (Å²) in [5.41, 5.74) is 0.320. The van der Waals surface area contributed by atoms with Gasteiger partial charge in [0.15, 0.2) is 11.6 Å². The van der Waals surface area contributed by atoms with Gasteiger partial charge in [-0.25, -0.2) is 0 Å². The average molecular weight is 565 g/mol. The van der Waals surface area contributed by atoms with Gasteiger partial charge in [-0.2, -0.15) is 0 Å². The van der Waals surface area contributed by atoms with Gasteiger partial charge in [-0.05, 0) is 23.3 Å². The second-order valence-electron chi connectivity index (χ2n) is 12.1. The lowest BCUT2D eigenvalue weighted by Crippen LogP contribution is -2.69. The fourth-order valence-electron chi connectivity index (χ4n) is 8.69. The Bertz CT molecular complexity index is 1620. The van der Waals surface area contributed by atoms with Crippen LogP contribution in [0.15, 0.2) is 89.9 Å². The van der Waals surface area contributed by atoms with E-state index in [0.717, 1.165) is 11.1 Å². The number of ketones is 2. The molecule has 2 aromatic rings. The van der Waals surface area contributed by atoms with E-state index in [9.17, 15) is 24.3 Å². The molecule has 2 saturated carbocycles. The van der Waals surface area contributed by atoms with Crippen LogP contribution in [0.4, 0.5) is 0 Å². The third-order valence-corrected chi connectivity index (χ3v) is 10.2. The smallest absolute Gasteiger partial charge is 0.306 e. The Morgan fingerprint density at radius 3 is 2.29 bits per heavy atom. The van der Waals surface area contributed by atoms with Gasteiger partial charge in [0.2, 0.25) is 0 Å². The van der Waals surface area contributed by atoms with Gasteiger partial charge in [-0.3, -0.25) is 19.2 Å². The fourth-order valence-corrected chi connectivity index (χ4v) is 8.69. The molecule has 2 aromatic carbocycles. The predicted molar refractivity (Wildman–Crippen MR) is 147 cm³/mol. The lowest BCUT2D eigenvalue weighted by molar-refractivity contribution is -0.197. The van der Waals surface area contributed by atoms with Gasteiger partial charge in [-0.15, -0.1) is 0 Å². The molecule has 8 nitrogen and oxygen atoms in total. The first-order valence-electron chi connectivity index (χ1n) is 14.4. The van der Waals surface area contributed by atoms with Gasteiger partial charge in [0, 0.05) is 41.6 Å². The summed E-state index contributed by atoms with van der Waals surface area (Å²) in [5.74, 6) is -4.59. The largest absolute Gasteiger partial charge is 0.508 e. The van der Waals surface area contributed by atoms with E-state index in [1.807, 2.05) is 66.7 Å². The molecule has 1 spiro atoms. The van der Waals surface area contributed by atoms with Gasteiger partial charge in [-0.1, -0.05) is 66.7 Å². The minimum absolute atomic E-state index is 0.00701. The van der Waals surface area contributed by atoms with Crippen molar-refractivity contribution in [2.45, 2.75) is 37.6 Å². The minimum atomic E-state index is -1.45. The monoisotopic (exact) mass is 564 g/mol. The zero-order valence-electron chi connectivity index (χ0n) is 22.6. The van der Waals surface area contributed by atoms with Crippen LogP contribution in [-0.4, -0.2) is 40.8 Å². The minimum Gasteiger partial charge on any atom is -0.508 e. The maximum absolute atomic E-state index is 14.7. The Hall–Kier alpha value is -4.46. The first kappa shape index (κ1) is 25.3. The summed E-state index contributed by atoms with van der Waals surface area (Å²) in [6.07, 6.45) is 3.09. The third-order valence-electron chi connectivity index (χ3n) is 10.2. The van der Waals surface area contributed by atoms with Crippen LogP contribution in [0.3, 0.4) is 0 Å². The third kappa shape index (κ3) is 3.35. The Kier molecular flexibility index (Phi) is 5.42. The summed E-state index contributed by atoms with van der Waals surface area (Å²) in [6, 6.07) is 18.8. The normalized spacial score (nSPS) is 39.0. The van der Waals surface area contributed by atoms with E-state index < -0.39 is 71.0 Å². The summed E-state index contributed by atoms with van der Waals surface area (Å²) in [6.45, 7) is 0. The van der Waals surface area contributed by atoms with E-state index in [1.165, 1.54) is 6.08 Å². The van der Waals surface area contributed by atoms with Crippen LogP contribution >= 0.6 is 0 Å². The molecule has 5 fully saturated rings. The molecule has 212 valence electrons. The van der Waals surface area contributed by atoms with Gasteiger partial charge in [0.1, 0.15) is 35.2 Å².